The van der Waals surface area contributed by atoms with Gasteiger partial charge in [0, 0.05) is 17.8 Å². The Morgan fingerprint density at radius 3 is 2.38 bits per heavy atom. The van der Waals surface area contributed by atoms with Crippen molar-refractivity contribution in [1.82, 2.24) is 0 Å². The Hall–Kier alpha value is -1.51. The Bertz CT molecular complexity index is 363. The first-order valence-corrected chi connectivity index (χ1v) is 5.71. The number of hydrogen-bond donors (Lipinski definition) is 2. The zero-order valence-electron chi connectivity index (χ0n) is 10.3. The number of rotatable bonds is 4. The predicted molar refractivity (Wildman–Crippen MR) is 68.5 cm³/mol. The molecule has 0 bridgehead atoms. The highest BCUT2D eigenvalue weighted by molar-refractivity contribution is 5.92. The molecule has 0 fully saturated rings. The van der Waals surface area contributed by atoms with Gasteiger partial charge in [0.25, 0.3) is 0 Å². The average molecular weight is 220 g/mol. The highest BCUT2D eigenvalue weighted by Gasteiger charge is 2.07. The highest BCUT2D eigenvalue weighted by Crippen LogP contribution is 2.23. The number of nitrogens with one attached hydrogen (secondary N) is 1. The highest BCUT2D eigenvalue weighted by atomic mass is 16.1. The maximum atomic E-state index is 11.6. The first kappa shape index (κ1) is 12.6. The van der Waals surface area contributed by atoms with Crippen LogP contribution in [-0.4, -0.2) is 5.91 Å². The van der Waals surface area contributed by atoms with Crippen LogP contribution in [0.25, 0.3) is 0 Å². The van der Waals surface area contributed by atoms with E-state index in [2.05, 4.69) is 12.2 Å². The topological polar surface area (TPSA) is 55.1 Å². The van der Waals surface area contributed by atoms with E-state index in [1.807, 2.05) is 26.0 Å². The Balaban J connectivity index is 2.77. The monoisotopic (exact) mass is 220 g/mol. The SMILES string of the molecule is CCCCC(=O)Nc1c(C)cc(N)cc1C. The maximum absolute atomic E-state index is 11.6. The number of nitrogens with two attached hydrogens (primary N) is 1. The molecule has 1 rings (SSSR count). The van der Waals surface area contributed by atoms with Crippen LogP contribution in [0, 0.1) is 13.8 Å². The number of carbonyl (C=O) groups excluding carboxylic acids is 1. The van der Waals surface area contributed by atoms with Crippen molar-refractivity contribution in [2.45, 2.75) is 40.0 Å². The molecule has 3 nitrogen and oxygen atoms in total. The van der Waals surface area contributed by atoms with Gasteiger partial charge in [-0.3, -0.25) is 4.79 Å². The van der Waals surface area contributed by atoms with Gasteiger partial charge in [-0.2, -0.15) is 0 Å². The van der Waals surface area contributed by atoms with E-state index in [9.17, 15) is 4.79 Å². The molecule has 0 spiro atoms. The Labute approximate surface area is 97.0 Å². The van der Waals surface area contributed by atoms with E-state index in [1.165, 1.54) is 0 Å². The first-order chi connectivity index (χ1) is 7.54. The number of aryl methyl sites for hydroxylation is 2. The van der Waals surface area contributed by atoms with Crippen molar-refractivity contribution >= 4 is 17.3 Å². The number of amides is 1. The van der Waals surface area contributed by atoms with Gasteiger partial charge < -0.3 is 11.1 Å². The molecular formula is C13H20N2O. The summed E-state index contributed by atoms with van der Waals surface area (Å²) in [5.41, 5.74) is 9.39. The molecule has 0 radical (unpaired) electrons. The molecular weight excluding hydrogens is 200 g/mol. The lowest BCUT2D eigenvalue weighted by atomic mass is 10.1. The number of anilines is 2. The fraction of sp³-hybridized carbons (Fsp3) is 0.462. The summed E-state index contributed by atoms with van der Waals surface area (Å²) in [5, 5.41) is 2.95. The van der Waals surface area contributed by atoms with E-state index in [4.69, 9.17) is 5.73 Å². The second-order valence-corrected chi connectivity index (χ2v) is 4.18. The Kier molecular flexibility index (Phi) is 4.35. The van der Waals surface area contributed by atoms with Gasteiger partial charge in [0.15, 0.2) is 0 Å². The van der Waals surface area contributed by atoms with E-state index in [1.54, 1.807) is 0 Å². The van der Waals surface area contributed by atoms with Crippen molar-refractivity contribution in [3.05, 3.63) is 23.3 Å². The van der Waals surface area contributed by atoms with Gasteiger partial charge in [-0.1, -0.05) is 13.3 Å². The van der Waals surface area contributed by atoms with Crippen LogP contribution in [0.1, 0.15) is 37.3 Å². The molecule has 0 aromatic heterocycles. The number of hydrogen-bond acceptors (Lipinski definition) is 2. The molecule has 16 heavy (non-hydrogen) atoms. The summed E-state index contributed by atoms with van der Waals surface area (Å²) in [4.78, 5) is 11.6. The second-order valence-electron chi connectivity index (χ2n) is 4.18. The lowest BCUT2D eigenvalue weighted by Gasteiger charge is -2.12. The van der Waals surface area contributed by atoms with Crippen molar-refractivity contribution in [2.75, 3.05) is 11.1 Å². The van der Waals surface area contributed by atoms with Crippen LogP contribution in [0.15, 0.2) is 12.1 Å². The van der Waals surface area contributed by atoms with Crippen molar-refractivity contribution < 1.29 is 4.79 Å². The summed E-state index contributed by atoms with van der Waals surface area (Å²) < 4.78 is 0. The van der Waals surface area contributed by atoms with Gasteiger partial charge in [-0.25, -0.2) is 0 Å². The van der Waals surface area contributed by atoms with Crippen LogP contribution in [0.5, 0.6) is 0 Å². The molecule has 0 aliphatic heterocycles. The molecule has 3 N–H and O–H groups in total. The van der Waals surface area contributed by atoms with Gasteiger partial charge in [0.2, 0.25) is 5.91 Å². The van der Waals surface area contributed by atoms with E-state index in [-0.39, 0.29) is 5.91 Å². The first-order valence-electron chi connectivity index (χ1n) is 5.71. The Morgan fingerprint density at radius 1 is 1.31 bits per heavy atom. The molecule has 0 saturated carbocycles. The van der Waals surface area contributed by atoms with E-state index < -0.39 is 0 Å². The summed E-state index contributed by atoms with van der Waals surface area (Å²) in [6, 6.07) is 3.75. The van der Waals surface area contributed by atoms with Crippen LogP contribution in [0.2, 0.25) is 0 Å². The zero-order chi connectivity index (χ0) is 12.1. The second kappa shape index (κ2) is 5.54. The molecule has 0 saturated heterocycles. The summed E-state index contributed by atoms with van der Waals surface area (Å²) in [6.07, 6.45) is 2.55. The van der Waals surface area contributed by atoms with Crippen LogP contribution >= 0.6 is 0 Å². The zero-order valence-corrected chi connectivity index (χ0v) is 10.3. The summed E-state index contributed by atoms with van der Waals surface area (Å²) in [6.45, 7) is 5.99. The van der Waals surface area contributed by atoms with E-state index in [0.717, 1.165) is 35.3 Å². The molecule has 0 aliphatic rings. The van der Waals surface area contributed by atoms with Crippen molar-refractivity contribution in [1.29, 1.82) is 0 Å². The molecule has 3 heteroatoms. The molecule has 0 atom stereocenters. The van der Waals surface area contributed by atoms with Gasteiger partial charge in [0.1, 0.15) is 0 Å². The lowest BCUT2D eigenvalue weighted by molar-refractivity contribution is -0.116. The van der Waals surface area contributed by atoms with E-state index >= 15 is 0 Å². The van der Waals surface area contributed by atoms with Crippen LogP contribution in [0.4, 0.5) is 11.4 Å². The summed E-state index contributed by atoms with van der Waals surface area (Å²) in [5.74, 6) is 0.0813. The molecule has 1 aromatic rings. The van der Waals surface area contributed by atoms with Crippen LogP contribution < -0.4 is 11.1 Å². The standard InChI is InChI=1S/C13H20N2O/c1-4-5-6-12(16)15-13-9(2)7-11(14)8-10(13)3/h7-8H,4-6,14H2,1-3H3,(H,15,16). The fourth-order valence-electron chi connectivity index (χ4n) is 1.73. The molecule has 0 heterocycles. The molecule has 1 aromatic carbocycles. The van der Waals surface area contributed by atoms with Gasteiger partial charge in [0.05, 0.1) is 0 Å². The molecule has 0 aliphatic carbocycles. The largest absolute Gasteiger partial charge is 0.399 e. The molecule has 1 amide bonds. The molecule has 0 unspecified atom stereocenters. The van der Waals surface area contributed by atoms with Gasteiger partial charge in [-0.05, 0) is 43.5 Å². The number of carbonyl (C=O) groups is 1. The van der Waals surface area contributed by atoms with Gasteiger partial charge in [-0.15, -0.1) is 0 Å². The average Bonchev–Trinajstić information content (AvgIpc) is 2.20. The van der Waals surface area contributed by atoms with Crippen molar-refractivity contribution in [2.24, 2.45) is 0 Å². The maximum Gasteiger partial charge on any atom is 0.224 e. The summed E-state index contributed by atoms with van der Waals surface area (Å²) >= 11 is 0. The smallest absolute Gasteiger partial charge is 0.224 e. The van der Waals surface area contributed by atoms with E-state index in [0.29, 0.717) is 6.42 Å². The van der Waals surface area contributed by atoms with Crippen molar-refractivity contribution in [3.8, 4) is 0 Å². The third kappa shape index (κ3) is 3.26. The minimum Gasteiger partial charge on any atom is -0.399 e. The van der Waals surface area contributed by atoms with Crippen molar-refractivity contribution in [3.63, 3.8) is 0 Å². The lowest BCUT2D eigenvalue weighted by Crippen LogP contribution is -2.13. The number of nitrogen functional groups attached to an aromatic ring is 1. The fourth-order valence-corrected chi connectivity index (χ4v) is 1.73. The third-order valence-electron chi connectivity index (χ3n) is 2.58. The Morgan fingerprint density at radius 2 is 1.88 bits per heavy atom. The molecule has 88 valence electrons. The minimum absolute atomic E-state index is 0.0813. The number of unbranched alkanes of at least 4 members (excludes halogenated alkanes) is 1. The minimum atomic E-state index is 0.0813. The third-order valence-corrected chi connectivity index (χ3v) is 2.58. The van der Waals surface area contributed by atoms with Gasteiger partial charge >= 0.3 is 0 Å². The van der Waals surface area contributed by atoms with Crippen LogP contribution in [-0.2, 0) is 4.79 Å². The normalized spacial score (nSPS) is 10.2. The van der Waals surface area contributed by atoms with Crippen LogP contribution in [0.3, 0.4) is 0 Å². The summed E-state index contributed by atoms with van der Waals surface area (Å²) in [7, 11) is 0. The predicted octanol–water partition coefficient (Wildman–Crippen LogP) is 3.01. The quantitative estimate of drug-likeness (QED) is 0.766. The number of benzene rings is 1.